The van der Waals surface area contributed by atoms with Gasteiger partial charge in [0.1, 0.15) is 0 Å². The highest BCUT2D eigenvalue weighted by atomic mass is 32.1. The molecule has 238 valence electrons. The number of para-hydroxylation sites is 2. The highest BCUT2D eigenvalue weighted by molar-refractivity contribution is 7.26. The molecule has 4 heterocycles. The highest BCUT2D eigenvalue weighted by Gasteiger charge is 2.19. The lowest BCUT2D eigenvalue weighted by molar-refractivity contribution is 1.16. The molecule has 0 bridgehead atoms. The van der Waals surface area contributed by atoms with Gasteiger partial charge >= 0.3 is 0 Å². The lowest BCUT2D eigenvalue weighted by Crippen LogP contribution is -1.98. The van der Waals surface area contributed by atoms with Crippen molar-refractivity contribution in [3.8, 4) is 39.6 Å². The molecule has 51 heavy (non-hydrogen) atoms. The Labute approximate surface area is 301 Å². The maximum absolute atomic E-state index is 5.38. The molecule has 0 N–H and O–H groups in total. The maximum atomic E-state index is 5.38. The summed E-state index contributed by atoms with van der Waals surface area (Å²) >= 11 is 3.67. The van der Waals surface area contributed by atoms with Crippen LogP contribution in [-0.2, 0) is 0 Å². The summed E-state index contributed by atoms with van der Waals surface area (Å²) in [4.78, 5) is 10.8. The molecule has 11 rings (SSSR count). The predicted octanol–water partition coefficient (Wildman–Crippen LogP) is 13.3. The molecule has 0 saturated carbocycles. The van der Waals surface area contributed by atoms with Crippen molar-refractivity contribution in [2.75, 3.05) is 0 Å². The van der Waals surface area contributed by atoms with Crippen molar-refractivity contribution in [1.82, 2.24) is 14.5 Å². The van der Waals surface area contributed by atoms with E-state index in [1.165, 1.54) is 62.2 Å². The molecular formula is C46H27N3S2. The Morgan fingerprint density at radius 2 is 0.863 bits per heavy atom. The maximum Gasteiger partial charge on any atom is 0.160 e. The Hall–Kier alpha value is -6.14. The summed E-state index contributed by atoms with van der Waals surface area (Å²) in [6.45, 7) is 0. The molecule has 0 radical (unpaired) electrons. The molecule has 3 nitrogen and oxygen atoms in total. The second-order valence-corrected chi connectivity index (χ2v) is 15.0. The number of benzene rings is 7. The van der Waals surface area contributed by atoms with Gasteiger partial charge in [0.05, 0.1) is 22.4 Å². The standard InChI is InChI=1S/C46H27N3S2/c1-5-22-40-30(14-1)31-15-2-6-23-41(31)49(40)29-13-9-12-28(26-29)46-47-38(36-20-10-18-34-32-16-3-7-24-42(32)50-44(34)36)27-39(48-46)37-21-11-19-35-33-17-4-8-25-43(33)51-45(35)37/h1-27H. The zero-order valence-electron chi connectivity index (χ0n) is 27.2. The molecule has 0 spiro atoms. The van der Waals surface area contributed by atoms with Crippen LogP contribution in [0.15, 0.2) is 164 Å². The van der Waals surface area contributed by atoms with E-state index in [4.69, 9.17) is 9.97 Å². The second-order valence-electron chi connectivity index (χ2n) is 12.9. The van der Waals surface area contributed by atoms with E-state index < -0.39 is 0 Å². The summed E-state index contributed by atoms with van der Waals surface area (Å²) in [5.41, 5.74) is 8.52. The van der Waals surface area contributed by atoms with Crippen LogP contribution in [0.5, 0.6) is 0 Å². The first-order valence-corrected chi connectivity index (χ1v) is 18.7. The Bertz CT molecular complexity index is 2980. The summed E-state index contributed by atoms with van der Waals surface area (Å²) in [7, 11) is 0. The van der Waals surface area contributed by atoms with Crippen LogP contribution in [0.2, 0.25) is 0 Å². The normalized spacial score (nSPS) is 11.9. The van der Waals surface area contributed by atoms with Crippen molar-refractivity contribution in [2.45, 2.75) is 0 Å². The third-order valence-corrected chi connectivity index (χ3v) is 12.5. The summed E-state index contributed by atoms with van der Waals surface area (Å²) in [6.07, 6.45) is 0. The van der Waals surface area contributed by atoms with Gasteiger partial charge in [0, 0.05) is 73.5 Å². The van der Waals surface area contributed by atoms with Crippen LogP contribution in [-0.4, -0.2) is 14.5 Å². The SMILES string of the molecule is c1cc(-c2nc(-c3cccc4c3sc3ccccc34)cc(-c3cccc4c3sc3ccccc34)n2)cc(-n2c3ccccc3c3ccccc32)c1. The molecule has 0 amide bonds. The van der Waals surface area contributed by atoms with Gasteiger partial charge in [-0.1, -0.05) is 121 Å². The first-order valence-electron chi connectivity index (χ1n) is 17.1. The Morgan fingerprint density at radius 1 is 0.392 bits per heavy atom. The fourth-order valence-electron chi connectivity index (χ4n) is 7.73. The number of fused-ring (bicyclic) bond motifs is 9. The fourth-order valence-corrected chi connectivity index (χ4v) is 10.2. The summed E-state index contributed by atoms with van der Waals surface area (Å²) in [5, 5.41) is 7.56. The molecular weight excluding hydrogens is 659 g/mol. The zero-order chi connectivity index (χ0) is 33.5. The monoisotopic (exact) mass is 685 g/mol. The lowest BCUT2D eigenvalue weighted by atomic mass is 10.0. The van der Waals surface area contributed by atoms with Crippen LogP contribution in [0.1, 0.15) is 0 Å². The first kappa shape index (κ1) is 28.7. The first-order chi connectivity index (χ1) is 25.3. The molecule has 5 heteroatoms. The highest BCUT2D eigenvalue weighted by Crippen LogP contribution is 2.43. The fraction of sp³-hybridized carbons (Fsp3) is 0. The largest absolute Gasteiger partial charge is 0.309 e. The van der Waals surface area contributed by atoms with Gasteiger partial charge in [-0.3, -0.25) is 0 Å². The molecule has 0 saturated heterocycles. The zero-order valence-corrected chi connectivity index (χ0v) is 28.9. The van der Waals surface area contributed by atoms with Crippen molar-refractivity contribution in [3.05, 3.63) is 164 Å². The van der Waals surface area contributed by atoms with Crippen LogP contribution in [0.3, 0.4) is 0 Å². The summed E-state index contributed by atoms with van der Waals surface area (Å²) in [6, 6.07) is 58.7. The van der Waals surface area contributed by atoms with Gasteiger partial charge in [0.15, 0.2) is 5.82 Å². The molecule has 0 atom stereocenters. The number of aromatic nitrogens is 3. The smallest absolute Gasteiger partial charge is 0.160 e. The number of hydrogen-bond donors (Lipinski definition) is 0. The molecule has 0 aliphatic heterocycles. The van der Waals surface area contributed by atoms with E-state index in [-0.39, 0.29) is 0 Å². The van der Waals surface area contributed by atoms with Gasteiger partial charge in [-0.05, 0) is 42.5 Å². The number of rotatable bonds is 4. The van der Waals surface area contributed by atoms with Crippen molar-refractivity contribution in [1.29, 1.82) is 0 Å². The van der Waals surface area contributed by atoms with E-state index >= 15 is 0 Å². The minimum Gasteiger partial charge on any atom is -0.309 e. The van der Waals surface area contributed by atoms with E-state index in [1.54, 1.807) is 0 Å². The van der Waals surface area contributed by atoms with Crippen LogP contribution in [0.4, 0.5) is 0 Å². The van der Waals surface area contributed by atoms with Gasteiger partial charge < -0.3 is 4.57 Å². The van der Waals surface area contributed by atoms with Gasteiger partial charge in [-0.15, -0.1) is 22.7 Å². The van der Waals surface area contributed by atoms with Crippen molar-refractivity contribution in [3.63, 3.8) is 0 Å². The van der Waals surface area contributed by atoms with Gasteiger partial charge in [-0.25, -0.2) is 9.97 Å². The van der Waals surface area contributed by atoms with Gasteiger partial charge in [0.2, 0.25) is 0 Å². The molecule has 0 unspecified atom stereocenters. The Balaban J connectivity index is 1.17. The average molecular weight is 686 g/mol. The number of hydrogen-bond acceptors (Lipinski definition) is 4. The number of thiophene rings is 2. The van der Waals surface area contributed by atoms with E-state index in [0.29, 0.717) is 5.82 Å². The Morgan fingerprint density at radius 3 is 1.43 bits per heavy atom. The molecule has 7 aromatic carbocycles. The van der Waals surface area contributed by atoms with Crippen molar-refractivity contribution >= 4 is 84.8 Å². The van der Waals surface area contributed by atoms with Crippen LogP contribution >= 0.6 is 22.7 Å². The van der Waals surface area contributed by atoms with E-state index in [0.717, 1.165) is 33.8 Å². The minimum absolute atomic E-state index is 0.710. The Kier molecular flexibility index (Phi) is 6.29. The molecule has 0 aliphatic rings. The third kappa shape index (κ3) is 4.42. The molecule has 4 aromatic heterocycles. The predicted molar refractivity (Wildman–Crippen MR) is 218 cm³/mol. The van der Waals surface area contributed by atoms with E-state index in [1.807, 2.05) is 22.7 Å². The lowest BCUT2D eigenvalue weighted by Gasteiger charge is -2.13. The van der Waals surface area contributed by atoms with Gasteiger partial charge in [0.25, 0.3) is 0 Å². The topological polar surface area (TPSA) is 30.7 Å². The van der Waals surface area contributed by atoms with Crippen LogP contribution < -0.4 is 0 Å². The van der Waals surface area contributed by atoms with Gasteiger partial charge in [-0.2, -0.15) is 0 Å². The average Bonchev–Trinajstić information content (AvgIpc) is 3.87. The van der Waals surface area contributed by atoms with E-state index in [2.05, 4.69) is 168 Å². The quantitative estimate of drug-likeness (QED) is 0.185. The third-order valence-electron chi connectivity index (χ3n) is 10.0. The number of nitrogens with zero attached hydrogens (tertiary/aromatic N) is 3. The van der Waals surface area contributed by atoms with Crippen molar-refractivity contribution in [2.24, 2.45) is 0 Å². The molecule has 0 aliphatic carbocycles. The molecule has 11 aromatic rings. The molecule has 0 fully saturated rings. The summed E-state index contributed by atoms with van der Waals surface area (Å²) in [5.74, 6) is 0.710. The minimum atomic E-state index is 0.710. The second kappa shape index (κ2) is 11.2. The summed E-state index contributed by atoms with van der Waals surface area (Å²) < 4.78 is 7.41. The van der Waals surface area contributed by atoms with Crippen LogP contribution in [0, 0.1) is 0 Å². The van der Waals surface area contributed by atoms with Crippen molar-refractivity contribution < 1.29 is 0 Å². The van der Waals surface area contributed by atoms with E-state index in [9.17, 15) is 0 Å². The van der Waals surface area contributed by atoms with Crippen LogP contribution in [0.25, 0.3) is 102 Å².